The summed E-state index contributed by atoms with van der Waals surface area (Å²) >= 11 is 1.12. The zero-order valence-corrected chi connectivity index (χ0v) is 20.5. The number of rotatable bonds is 7. The second kappa shape index (κ2) is 9.98. The van der Waals surface area contributed by atoms with Crippen LogP contribution in [0.25, 0.3) is 10.2 Å². The van der Waals surface area contributed by atoms with Gasteiger partial charge in [-0.3, -0.25) is 19.0 Å². The van der Waals surface area contributed by atoms with E-state index >= 15 is 0 Å². The van der Waals surface area contributed by atoms with Crippen molar-refractivity contribution in [2.75, 3.05) is 24.9 Å². The molecule has 10 heteroatoms. The van der Waals surface area contributed by atoms with Crippen molar-refractivity contribution in [3.05, 3.63) is 75.1 Å². The Morgan fingerprint density at radius 2 is 1.71 bits per heavy atom. The average molecular weight is 493 g/mol. The number of carbonyl (C=O) groups is 2. The number of aromatic nitrogens is 2. The van der Waals surface area contributed by atoms with Crippen molar-refractivity contribution >= 4 is 44.7 Å². The molecule has 0 aliphatic heterocycles. The van der Waals surface area contributed by atoms with Gasteiger partial charge in [0.1, 0.15) is 22.9 Å². The summed E-state index contributed by atoms with van der Waals surface area (Å²) in [5, 5.41) is 5.91. The van der Waals surface area contributed by atoms with Gasteiger partial charge in [-0.2, -0.15) is 0 Å². The van der Waals surface area contributed by atoms with Crippen LogP contribution >= 0.6 is 11.3 Å². The van der Waals surface area contributed by atoms with E-state index in [1.165, 1.54) is 25.1 Å². The number of nitrogens with one attached hydrogen (secondary N) is 2. The molecule has 0 fully saturated rings. The molecule has 0 unspecified atom stereocenters. The molecule has 4 aromatic rings. The number of hydrogen-bond acceptors (Lipinski definition) is 7. The fourth-order valence-corrected chi connectivity index (χ4v) is 4.71. The second-order valence-electron chi connectivity index (χ2n) is 7.82. The second-order valence-corrected chi connectivity index (χ2v) is 8.82. The topological polar surface area (TPSA) is 112 Å². The maximum atomic E-state index is 13.2. The van der Waals surface area contributed by atoms with E-state index in [4.69, 9.17) is 9.47 Å². The van der Waals surface area contributed by atoms with Crippen molar-refractivity contribution in [2.24, 2.45) is 0 Å². The van der Waals surface area contributed by atoms with Crippen molar-refractivity contribution in [1.29, 1.82) is 0 Å². The number of hydrogen-bond donors (Lipinski definition) is 2. The Morgan fingerprint density at radius 1 is 1.00 bits per heavy atom. The van der Waals surface area contributed by atoms with E-state index < -0.39 is 11.5 Å². The third-order valence-corrected chi connectivity index (χ3v) is 6.62. The number of benzene rings is 2. The summed E-state index contributed by atoms with van der Waals surface area (Å²) in [7, 11) is 3.04. The van der Waals surface area contributed by atoms with Gasteiger partial charge in [-0.15, -0.1) is 11.3 Å². The van der Waals surface area contributed by atoms with Crippen LogP contribution in [0.15, 0.2) is 53.6 Å². The number of fused-ring (bicyclic) bond motifs is 1. The van der Waals surface area contributed by atoms with Gasteiger partial charge in [0.2, 0.25) is 5.91 Å². The Balaban J connectivity index is 1.60. The first-order valence-electron chi connectivity index (χ1n) is 10.7. The Hall–Kier alpha value is -4.18. The van der Waals surface area contributed by atoms with Gasteiger partial charge >= 0.3 is 0 Å². The molecule has 180 valence electrons. The Kier molecular flexibility index (Phi) is 6.83. The van der Waals surface area contributed by atoms with Crippen LogP contribution in [0, 0.1) is 13.8 Å². The summed E-state index contributed by atoms with van der Waals surface area (Å²) < 4.78 is 11.8. The molecule has 2 aromatic heterocycles. The summed E-state index contributed by atoms with van der Waals surface area (Å²) in [6.07, 6.45) is 1.31. The van der Waals surface area contributed by atoms with Crippen LogP contribution in [-0.2, 0) is 11.3 Å². The van der Waals surface area contributed by atoms with E-state index in [9.17, 15) is 14.4 Å². The van der Waals surface area contributed by atoms with Crippen molar-refractivity contribution in [3.63, 3.8) is 0 Å². The number of amides is 2. The number of para-hydroxylation sites is 2. The fraction of sp³-hybridized carbons (Fsp3) is 0.200. The molecule has 35 heavy (non-hydrogen) atoms. The van der Waals surface area contributed by atoms with E-state index in [1.807, 2.05) is 19.1 Å². The number of nitrogens with zero attached hydrogens (tertiary/aromatic N) is 2. The molecule has 0 saturated heterocycles. The van der Waals surface area contributed by atoms with Gasteiger partial charge in [-0.05, 0) is 49.2 Å². The standard InChI is InChI=1S/C25H24N4O5S/c1-14-9-10-19(34-4)17(11-14)28-23(31)22-15(2)21-24(35-22)26-13-29(25(21)32)12-20(30)27-16-7-5-6-8-18(16)33-3/h5-11,13H,12H2,1-4H3,(H,27,30)(H,28,31). The van der Waals surface area contributed by atoms with Crippen LogP contribution < -0.4 is 25.7 Å². The molecule has 0 aliphatic carbocycles. The lowest BCUT2D eigenvalue weighted by Crippen LogP contribution is -2.28. The quantitative estimate of drug-likeness (QED) is 0.404. The average Bonchev–Trinajstić information content (AvgIpc) is 3.18. The van der Waals surface area contributed by atoms with Crippen molar-refractivity contribution in [2.45, 2.75) is 20.4 Å². The molecule has 0 saturated carbocycles. The predicted octanol–water partition coefficient (Wildman–Crippen LogP) is 3.98. The molecule has 0 bridgehead atoms. The highest BCUT2D eigenvalue weighted by atomic mass is 32.1. The van der Waals surface area contributed by atoms with E-state index in [-0.39, 0.29) is 12.5 Å². The summed E-state index contributed by atoms with van der Waals surface area (Å²) in [4.78, 5) is 43.9. The van der Waals surface area contributed by atoms with Gasteiger partial charge < -0.3 is 20.1 Å². The highest BCUT2D eigenvalue weighted by Gasteiger charge is 2.21. The SMILES string of the molecule is COc1ccccc1NC(=O)Cn1cnc2sc(C(=O)Nc3cc(C)ccc3OC)c(C)c2c1=O. The van der Waals surface area contributed by atoms with E-state index in [2.05, 4.69) is 15.6 Å². The largest absolute Gasteiger partial charge is 0.495 e. The summed E-state index contributed by atoms with van der Waals surface area (Å²) in [6.45, 7) is 3.37. The third kappa shape index (κ3) is 4.87. The normalized spacial score (nSPS) is 10.7. The van der Waals surface area contributed by atoms with Crippen LogP contribution in [-0.4, -0.2) is 35.6 Å². The maximum Gasteiger partial charge on any atom is 0.266 e. The van der Waals surface area contributed by atoms with Gasteiger partial charge in [0, 0.05) is 0 Å². The molecule has 4 rings (SSSR count). The highest BCUT2D eigenvalue weighted by molar-refractivity contribution is 7.20. The number of thiophene rings is 1. The summed E-state index contributed by atoms with van der Waals surface area (Å²) in [5.74, 6) is 0.269. The van der Waals surface area contributed by atoms with E-state index in [0.29, 0.717) is 43.5 Å². The number of anilines is 2. The summed E-state index contributed by atoms with van der Waals surface area (Å²) in [5.41, 5.74) is 2.11. The van der Waals surface area contributed by atoms with E-state index in [1.54, 1.807) is 37.3 Å². The first-order valence-corrected chi connectivity index (χ1v) is 11.5. The van der Waals surface area contributed by atoms with Crippen molar-refractivity contribution in [3.8, 4) is 11.5 Å². The molecule has 0 spiro atoms. The first kappa shape index (κ1) is 24.0. The van der Waals surface area contributed by atoms with Crippen molar-refractivity contribution in [1.82, 2.24) is 9.55 Å². The molecule has 2 N–H and O–H groups in total. The molecule has 2 aromatic carbocycles. The van der Waals surface area contributed by atoms with Crippen LogP contribution in [0.2, 0.25) is 0 Å². The van der Waals surface area contributed by atoms with Crippen molar-refractivity contribution < 1.29 is 19.1 Å². The number of ether oxygens (including phenoxy) is 2. The van der Waals surface area contributed by atoms with Gasteiger partial charge in [0.25, 0.3) is 11.5 Å². The summed E-state index contributed by atoms with van der Waals surface area (Å²) in [6, 6.07) is 12.5. The molecule has 2 amide bonds. The minimum atomic E-state index is -0.407. The van der Waals surface area contributed by atoms with Gasteiger partial charge in [-0.25, -0.2) is 4.98 Å². The van der Waals surface area contributed by atoms with Crippen LogP contribution in [0.4, 0.5) is 11.4 Å². The van der Waals surface area contributed by atoms with Gasteiger partial charge in [0.05, 0.1) is 42.2 Å². The van der Waals surface area contributed by atoms with Crippen LogP contribution in [0.1, 0.15) is 20.8 Å². The van der Waals surface area contributed by atoms with Gasteiger partial charge in [0.15, 0.2) is 0 Å². The molecule has 0 atom stereocenters. The number of methoxy groups -OCH3 is 2. The molecule has 2 heterocycles. The zero-order chi connectivity index (χ0) is 25.1. The monoisotopic (exact) mass is 492 g/mol. The zero-order valence-electron chi connectivity index (χ0n) is 19.7. The highest BCUT2D eigenvalue weighted by Crippen LogP contribution is 2.30. The molecular weight excluding hydrogens is 468 g/mol. The Bertz CT molecular complexity index is 1490. The lowest BCUT2D eigenvalue weighted by atomic mass is 10.2. The molecule has 9 nitrogen and oxygen atoms in total. The minimum absolute atomic E-state index is 0.239. The lowest BCUT2D eigenvalue weighted by molar-refractivity contribution is -0.116. The molecule has 0 aliphatic rings. The predicted molar refractivity (Wildman–Crippen MR) is 136 cm³/mol. The molecule has 0 radical (unpaired) electrons. The smallest absolute Gasteiger partial charge is 0.266 e. The van der Waals surface area contributed by atoms with Crippen LogP contribution in [0.3, 0.4) is 0 Å². The third-order valence-electron chi connectivity index (χ3n) is 5.42. The van der Waals surface area contributed by atoms with Crippen LogP contribution in [0.5, 0.6) is 11.5 Å². The minimum Gasteiger partial charge on any atom is -0.495 e. The number of carbonyl (C=O) groups excluding carboxylic acids is 2. The number of aryl methyl sites for hydroxylation is 2. The fourth-order valence-electron chi connectivity index (χ4n) is 3.68. The van der Waals surface area contributed by atoms with Gasteiger partial charge in [-0.1, -0.05) is 18.2 Å². The first-order chi connectivity index (χ1) is 16.8. The maximum absolute atomic E-state index is 13.2. The Labute approximate surface area is 205 Å². The lowest BCUT2D eigenvalue weighted by Gasteiger charge is -2.11. The van der Waals surface area contributed by atoms with E-state index in [0.717, 1.165) is 16.9 Å². The Morgan fingerprint density at radius 3 is 2.46 bits per heavy atom. The molecular formula is C25H24N4O5S.